The number of benzene rings is 1. The molecule has 84 valence electrons. The van der Waals surface area contributed by atoms with Gasteiger partial charge in [-0.15, -0.1) is 5.10 Å². The molecule has 1 aromatic heterocycles. The molecular formula is C10H9F2N3O. The third-order valence-corrected chi connectivity index (χ3v) is 1.97. The Labute approximate surface area is 90.3 Å². The maximum atomic E-state index is 13.2. The molecule has 1 aromatic carbocycles. The molecule has 0 aliphatic rings. The van der Waals surface area contributed by atoms with Gasteiger partial charge in [0.2, 0.25) is 5.89 Å². The highest BCUT2D eigenvalue weighted by Crippen LogP contribution is 2.12. The number of halogens is 2. The molecule has 0 saturated heterocycles. The third kappa shape index (κ3) is 2.33. The van der Waals surface area contributed by atoms with Crippen LogP contribution in [0.4, 0.5) is 14.8 Å². The minimum Gasteiger partial charge on any atom is -0.408 e. The van der Waals surface area contributed by atoms with E-state index in [0.29, 0.717) is 11.5 Å². The van der Waals surface area contributed by atoms with E-state index in [9.17, 15) is 8.78 Å². The summed E-state index contributed by atoms with van der Waals surface area (Å²) in [5.74, 6) is -0.791. The van der Waals surface area contributed by atoms with E-state index < -0.39 is 11.6 Å². The smallest absolute Gasteiger partial charge is 0.315 e. The van der Waals surface area contributed by atoms with Gasteiger partial charge in [0.15, 0.2) is 0 Å². The van der Waals surface area contributed by atoms with Crippen molar-refractivity contribution in [2.24, 2.45) is 0 Å². The SMILES string of the molecule is Cc1nnc(NCc2ccc(F)cc2F)o1. The average Bonchev–Trinajstić information content (AvgIpc) is 2.63. The van der Waals surface area contributed by atoms with Gasteiger partial charge in [0, 0.05) is 25.1 Å². The predicted octanol–water partition coefficient (Wildman–Crippen LogP) is 2.27. The van der Waals surface area contributed by atoms with Crippen molar-refractivity contribution in [1.29, 1.82) is 0 Å². The van der Waals surface area contributed by atoms with Gasteiger partial charge in [-0.3, -0.25) is 0 Å². The van der Waals surface area contributed by atoms with Gasteiger partial charge in [0.05, 0.1) is 0 Å². The first-order valence-corrected chi connectivity index (χ1v) is 4.63. The molecule has 1 heterocycles. The molecule has 4 nitrogen and oxygen atoms in total. The summed E-state index contributed by atoms with van der Waals surface area (Å²) < 4.78 is 30.9. The highest BCUT2D eigenvalue weighted by molar-refractivity contribution is 5.25. The second-order valence-electron chi connectivity index (χ2n) is 3.22. The molecule has 2 rings (SSSR count). The van der Waals surface area contributed by atoms with Gasteiger partial charge >= 0.3 is 6.01 Å². The van der Waals surface area contributed by atoms with E-state index in [0.717, 1.165) is 6.07 Å². The number of hydrogen-bond donors (Lipinski definition) is 1. The quantitative estimate of drug-likeness (QED) is 0.870. The van der Waals surface area contributed by atoms with Gasteiger partial charge < -0.3 is 9.73 Å². The molecule has 0 saturated carbocycles. The van der Waals surface area contributed by atoms with Gasteiger partial charge in [-0.1, -0.05) is 11.2 Å². The summed E-state index contributed by atoms with van der Waals surface area (Å²) in [7, 11) is 0. The number of aryl methyl sites for hydroxylation is 1. The molecular weight excluding hydrogens is 216 g/mol. The van der Waals surface area contributed by atoms with Crippen LogP contribution in [0.5, 0.6) is 0 Å². The van der Waals surface area contributed by atoms with Crippen LogP contribution in [0.2, 0.25) is 0 Å². The van der Waals surface area contributed by atoms with E-state index >= 15 is 0 Å². The van der Waals surface area contributed by atoms with Crippen molar-refractivity contribution < 1.29 is 13.2 Å². The molecule has 0 aliphatic carbocycles. The lowest BCUT2D eigenvalue weighted by atomic mass is 10.2. The Morgan fingerprint density at radius 1 is 1.31 bits per heavy atom. The summed E-state index contributed by atoms with van der Waals surface area (Å²) in [5.41, 5.74) is 0.331. The molecule has 0 radical (unpaired) electrons. The summed E-state index contributed by atoms with van der Waals surface area (Å²) in [6, 6.07) is 3.59. The zero-order valence-electron chi connectivity index (χ0n) is 8.50. The number of aromatic nitrogens is 2. The van der Waals surface area contributed by atoms with Crippen LogP contribution in [0, 0.1) is 18.6 Å². The third-order valence-electron chi connectivity index (χ3n) is 1.97. The first-order valence-electron chi connectivity index (χ1n) is 4.63. The van der Waals surface area contributed by atoms with Gasteiger partial charge in [-0.05, 0) is 6.07 Å². The largest absolute Gasteiger partial charge is 0.408 e. The maximum Gasteiger partial charge on any atom is 0.315 e. The first-order chi connectivity index (χ1) is 7.65. The molecule has 0 spiro atoms. The van der Waals surface area contributed by atoms with Crippen LogP contribution >= 0.6 is 0 Å². The monoisotopic (exact) mass is 225 g/mol. The van der Waals surface area contributed by atoms with E-state index in [1.54, 1.807) is 6.92 Å². The van der Waals surface area contributed by atoms with Crippen LogP contribution in [-0.2, 0) is 6.54 Å². The van der Waals surface area contributed by atoms with E-state index in [1.807, 2.05) is 0 Å². The normalized spacial score (nSPS) is 10.4. The average molecular weight is 225 g/mol. The lowest BCUT2D eigenvalue weighted by molar-refractivity contribution is 0.529. The van der Waals surface area contributed by atoms with Crippen LogP contribution in [0.1, 0.15) is 11.5 Å². The second kappa shape index (κ2) is 4.26. The van der Waals surface area contributed by atoms with Crippen LogP contribution in [0.25, 0.3) is 0 Å². The lowest BCUT2D eigenvalue weighted by Crippen LogP contribution is -2.02. The summed E-state index contributed by atoms with van der Waals surface area (Å²) in [6.45, 7) is 1.81. The van der Waals surface area contributed by atoms with Crippen molar-refractivity contribution in [3.05, 3.63) is 41.3 Å². The number of rotatable bonds is 3. The van der Waals surface area contributed by atoms with E-state index in [-0.39, 0.29) is 12.6 Å². The molecule has 1 N–H and O–H groups in total. The van der Waals surface area contributed by atoms with Gasteiger partial charge in [-0.25, -0.2) is 8.78 Å². The molecule has 0 fully saturated rings. The number of nitrogens with zero attached hydrogens (tertiary/aromatic N) is 2. The molecule has 2 aromatic rings. The van der Waals surface area contributed by atoms with Crippen molar-refractivity contribution >= 4 is 6.01 Å². The Kier molecular flexibility index (Phi) is 2.80. The summed E-state index contributed by atoms with van der Waals surface area (Å²) >= 11 is 0. The molecule has 16 heavy (non-hydrogen) atoms. The van der Waals surface area contributed by atoms with Crippen molar-refractivity contribution in [3.63, 3.8) is 0 Å². The Hall–Kier alpha value is -1.98. The van der Waals surface area contributed by atoms with Gasteiger partial charge in [-0.2, -0.15) is 0 Å². The fourth-order valence-corrected chi connectivity index (χ4v) is 1.20. The molecule has 0 atom stereocenters. The standard InChI is InChI=1S/C10H9F2N3O/c1-6-14-15-10(16-6)13-5-7-2-3-8(11)4-9(7)12/h2-4H,5H2,1H3,(H,13,15). The molecule has 0 bridgehead atoms. The number of anilines is 1. The zero-order valence-corrected chi connectivity index (χ0v) is 8.50. The van der Waals surface area contributed by atoms with Crippen LogP contribution in [0.15, 0.2) is 22.6 Å². The van der Waals surface area contributed by atoms with Gasteiger partial charge in [0.25, 0.3) is 0 Å². The first kappa shape index (κ1) is 10.5. The lowest BCUT2D eigenvalue weighted by Gasteiger charge is -2.02. The van der Waals surface area contributed by atoms with Crippen molar-refractivity contribution in [3.8, 4) is 0 Å². The van der Waals surface area contributed by atoms with Gasteiger partial charge in [0.1, 0.15) is 11.6 Å². The minimum atomic E-state index is -0.608. The summed E-state index contributed by atoms with van der Waals surface area (Å²) in [5, 5.41) is 10.0. The Morgan fingerprint density at radius 3 is 2.75 bits per heavy atom. The fourth-order valence-electron chi connectivity index (χ4n) is 1.20. The Morgan fingerprint density at radius 2 is 2.12 bits per heavy atom. The second-order valence-corrected chi connectivity index (χ2v) is 3.22. The highest BCUT2D eigenvalue weighted by atomic mass is 19.1. The predicted molar refractivity (Wildman–Crippen MR) is 52.7 cm³/mol. The van der Waals surface area contributed by atoms with E-state index in [4.69, 9.17) is 4.42 Å². The summed E-state index contributed by atoms with van der Waals surface area (Å²) in [4.78, 5) is 0. The van der Waals surface area contributed by atoms with E-state index in [2.05, 4.69) is 15.5 Å². The maximum absolute atomic E-state index is 13.2. The fraction of sp³-hybridized carbons (Fsp3) is 0.200. The van der Waals surface area contributed by atoms with Crippen molar-refractivity contribution in [1.82, 2.24) is 10.2 Å². The van der Waals surface area contributed by atoms with Crippen LogP contribution in [-0.4, -0.2) is 10.2 Å². The Balaban J connectivity index is 2.04. The molecule has 0 aliphatic heterocycles. The Bertz CT molecular complexity index is 499. The van der Waals surface area contributed by atoms with E-state index in [1.165, 1.54) is 12.1 Å². The molecule has 0 unspecified atom stereocenters. The molecule has 6 heteroatoms. The highest BCUT2D eigenvalue weighted by Gasteiger charge is 2.05. The summed E-state index contributed by atoms with van der Waals surface area (Å²) in [6.07, 6.45) is 0. The number of nitrogens with one attached hydrogen (secondary N) is 1. The topological polar surface area (TPSA) is 51.0 Å². The van der Waals surface area contributed by atoms with Crippen LogP contribution in [0.3, 0.4) is 0 Å². The zero-order chi connectivity index (χ0) is 11.5. The minimum absolute atomic E-state index is 0.160. The van der Waals surface area contributed by atoms with Crippen molar-refractivity contribution in [2.45, 2.75) is 13.5 Å². The number of hydrogen-bond acceptors (Lipinski definition) is 4. The van der Waals surface area contributed by atoms with Crippen LogP contribution < -0.4 is 5.32 Å². The van der Waals surface area contributed by atoms with Crippen molar-refractivity contribution in [2.75, 3.05) is 5.32 Å². The molecule has 0 amide bonds.